The summed E-state index contributed by atoms with van der Waals surface area (Å²) in [5.74, 6) is -1.02. The quantitative estimate of drug-likeness (QED) is 0.676. The third kappa shape index (κ3) is 5.82. The van der Waals surface area contributed by atoms with Gasteiger partial charge in [-0.15, -0.1) is 0 Å². The molecule has 1 amide bonds. The SMILES string of the molecule is CCN1CCN(c2ccc(F)cc2C(C)NC(=O)/C=C/c2ccc(OC)c(F)c2)CC1. The molecular weight excluding hydrogens is 400 g/mol. The van der Waals surface area contributed by atoms with Crippen LogP contribution in [0, 0.1) is 11.6 Å². The highest BCUT2D eigenvalue weighted by molar-refractivity contribution is 5.92. The standard InChI is InChI=1S/C24H29F2N3O2/c1-4-28-11-13-29(14-12-28)22-8-7-19(25)16-20(22)17(2)27-24(30)10-6-18-5-9-23(31-3)21(26)15-18/h5-10,15-17H,4,11-14H2,1-3H3,(H,27,30)/b10-6+. The van der Waals surface area contributed by atoms with E-state index in [9.17, 15) is 13.6 Å². The fourth-order valence-corrected chi connectivity index (χ4v) is 3.76. The van der Waals surface area contributed by atoms with Gasteiger partial charge in [0.2, 0.25) is 5.91 Å². The number of halogens is 2. The topological polar surface area (TPSA) is 44.8 Å². The molecule has 166 valence electrons. The zero-order valence-electron chi connectivity index (χ0n) is 18.2. The molecule has 1 aliphatic heterocycles. The summed E-state index contributed by atoms with van der Waals surface area (Å²) in [6.07, 6.45) is 2.87. The third-order valence-corrected chi connectivity index (χ3v) is 5.58. The maximum atomic E-state index is 14.0. The third-order valence-electron chi connectivity index (χ3n) is 5.58. The molecule has 0 bridgehead atoms. The fourth-order valence-electron chi connectivity index (χ4n) is 3.76. The Morgan fingerprint density at radius 1 is 1.16 bits per heavy atom. The normalized spacial score (nSPS) is 15.8. The molecule has 0 aromatic heterocycles. The van der Waals surface area contributed by atoms with Crippen LogP contribution in [0.2, 0.25) is 0 Å². The first-order valence-corrected chi connectivity index (χ1v) is 10.5. The summed E-state index contributed by atoms with van der Waals surface area (Å²) in [5, 5.41) is 2.88. The maximum Gasteiger partial charge on any atom is 0.244 e. The van der Waals surface area contributed by atoms with Gasteiger partial charge in [0.15, 0.2) is 11.6 Å². The van der Waals surface area contributed by atoms with Crippen LogP contribution in [0.3, 0.4) is 0 Å². The molecule has 1 N–H and O–H groups in total. The summed E-state index contributed by atoms with van der Waals surface area (Å²) in [7, 11) is 1.40. The second-order valence-corrected chi connectivity index (χ2v) is 7.58. The van der Waals surface area contributed by atoms with Gasteiger partial charge in [-0.3, -0.25) is 4.79 Å². The minimum Gasteiger partial charge on any atom is -0.494 e. The second kappa shape index (κ2) is 10.4. The van der Waals surface area contributed by atoms with E-state index in [1.807, 2.05) is 6.92 Å². The van der Waals surface area contributed by atoms with Crippen LogP contribution in [0.1, 0.15) is 31.0 Å². The predicted octanol–water partition coefficient (Wildman–Crippen LogP) is 4.01. The molecule has 5 nitrogen and oxygen atoms in total. The van der Waals surface area contributed by atoms with Crippen molar-refractivity contribution in [1.82, 2.24) is 10.2 Å². The molecule has 1 unspecified atom stereocenters. The van der Waals surface area contributed by atoms with Gasteiger partial charge in [-0.1, -0.05) is 13.0 Å². The molecule has 1 atom stereocenters. The van der Waals surface area contributed by atoms with Crippen LogP contribution < -0.4 is 15.0 Å². The summed E-state index contributed by atoms with van der Waals surface area (Å²) < 4.78 is 32.7. The molecule has 2 aromatic rings. The number of nitrogens with one attached hydrogen (secondary N) is 1. The Labute approximate surface area is 182 Å². The Bertz CT molecular complexity index is 940. The van der Waals surface area contributed by atoms with Gasteiger partial charge in [-0.25, -0.2) is 8.78 Å². The maximum absolute atomic E-state index is 14.0. The highest BCUT2D eigenvalue weighted by Crippen LogP contribution is 2.28. The number of nitrogens with zero attached hydrogens (tertiary/aromatic N) is 2. The molecule has 0 aliphatic carbocycles. The van der Waals surface area contributed by atoms with E-state index >= 15 is 0 Å². The fraction of sp³-hybridized carbons (Fsp3) is 0.375. The second-order valence-electron chi connectivity index (χ2n) is 7.58. The average Bonchev–Trinajstić information content (AvgIpc) is 2.78. The van der Waals surface area contributed by atoms with Crippen molar-refractivity contribution < 1.29 is 18.3 Å². The van der Waals surface area contributed by atoms with Crippen molar-refractivity contribution in [2.45, 2.75) is 19.9 Å². The van der Waals surface area contributed by atoms with E-state index in [4.69, 9.17) is 4.74 Å². The first-order valence-electron chi connectivity index (χ1n) is 10.5. The van der Waals surface area contributed by atoms with Crippen molar-refractivity contribution >= 4 is 17.7 Å². The van der Waals surface area contributed by atoms with Crippen molar-refractivity contribution in [2.24, 2.45) is 0 Å². The van der Waals surface area contributed by atoms with Crippen molar-refractivity contribution in [3.05, 3.63) is 65.2 Å². The smallest absolute Gasteiger partial charge is 0.244 e. The summed E-state index contributed by atoms with van der Waals surface area (Å²) in [4.78, 5) is 17.0. The first-order chi connectivity index (χ1) is 14.9. The minimum absolute atomic E-state index is 0.147. The average molecular weight is 430 g/mol. The van der Waals surface area contributed by atoms with Crippen LogP contribution in [0.25, 0.3) is 6.08 Å². The largest absolute Gasteiger partial charge is 0.494 e. The lowest BCUT2D eigenvalue weighted by Crippen LogP contribution is -2.46. The molecule has 1 aliphatic rings. The van der Waals surface area contributed by atoms with Crippen LogP contribution in [-0.4, -0.2) is 50.6 Å². The minimum atomic E-state index is -0.494. The molecule has 31 heavy (non-hydrogen) atoms. The number of amides is 1. The Hall–Kier alpha value is -2.93. The van der Waals surface area contributed by atoms with E-state index in [-0.39, 0.29) is 23.5 Å². The first kappa shape index (κ1) is 22.7. The lowest BCUT2D eigenvalue weighted by Gasteiger charge is -2.37. The number of hydrogen-bond donors (Lipinski definition) is 1. The number of benzene rings is 2. The van der Waals surface area contributed by atoms with Gasteiger partial charge in [0.25, 0.3) is 0 Å². The van der Waals surface area contributed by atoms with E-state index in [0.717, 1.165) is 44.0 Å². The van der Waals surface area contributed by atoms with Gasteiger partial charge in [0.05, 0.1) is 13.2 Å². The van der Waals surface area contributed by atoms with Crippen LogP contribution in [0.4, 0.5) is 14.5 Å². The van der Waals surface area contributed by atoms with Crippen molar-refractivity contribution in [1.29, 1.82) is 0 Å². The Morgan fingerprint density at radius 3 is 2.55 bits per heavy atom. The number of ether oxygens (including phenoxy) is 1. The summed E-state index contributed by atoms with van der Waals surface area (Å²) >= 11 is 0. The van der Waals surface area contributed by atoms with Gasteiger partial charge >= 0.3 is 0 Å². The van der Waals surface area contributed by atoms with Gasteiger partial charge in [-0.2, -0.15) is 0 Å². The number of hydrogen-bond acceptors (Lipinski definition) is 4. The molecule has 3 rings (SSSR count). The van der Waals surface area contributed by atoms with Crippen molar-refractivity contribution in [2.75, 3.05) is 44.7 Å². The number of carbonyl (C=O) groups excluding carboxylic acids is 1. The number of anilines is 1. The molecule has 0 saturated carbocycles. The Balaban J connectivity index is 1.69. The van der Waals surface area contributed by atoms with Crippen molar-refractivity contribution in [3.63, 3.8) is 0 Å². The van der Waals surface area contributed by atoms with E-state index in [0.29, 0.717) is 5.56 Å². The summed E-state index contributed by atoms with van der Waals surface area (Å²) in [6.45, 7) is 8.61. The summed E-state index contributed by atoms with van der Waals surface area (Å²) in [5.41, 5.74) is 2.22. The Morgan fingerprint density at radius 2 is 1.90 bits per heavy atom. The molecule has 1 heterocycles. The van der Waals surface area contributed by atoms with E-state index in [1.165, 1.54) is 43.5 Å². The molecule has 0 radical (unpaired) electrons. The number of carbonyl (C=O) groups is 1. The van der Waals surface area contributed by atoms with Crippen LogP contribution in [0.15, 0.2) is 42.5 Å². The van der Waals surface area contributed by atoms with E-state index in [2.05, 4.69) is 22.0 Å². The molecule has 1 fully saturated rings. The Kier molecular flexibility index (Phi) is 7.63. The molecule has 2 aromatic carbocycles. The molecule has 0 spiro atoms. The van der Waals surface area contributed by atoms with Gasteiger partial charge in [-0.05, 0) is 55.4 Å². The summed E-state index contributed by atoms with van der Waals surface area (Å²) in [6, 6.07) is 8.80. The zero-order valence-corrected chi connectivity index (χ0v) is 18.2. The number of rotatable bonds is 7. The lowest BCUT2D eigenvalue weighted by atomic mass is 10.0. The van der Waals surface area contributed by atoms with E-state index in [1.54, 1.807) is 12.1 Å². The zero-order chi connectivity index (χ0) is 22.4. The van der Waals surface area contributed by atoms with Crippen molar-refractivity contribution in [3.8, 4) is 5.75 Å². The molecule has 1 saturated heterocycles. The molecule has 7 heteroatoms. The number of likely N-dealkylation sites (N-methyl/N-ethyl adjacent to an activating group) is 1. The lowest BCUT2D eigenvalue weighted by molar-refractivity contribution is -0.117. The van der Waals surface area contributed by atoms with Gasteiger partial charge in [0.1, 0.15) is 5.82 Å². The highest BCUT2D eigenvalue weighted by Gasteiger charge is 2.21. The molecular formula is C24H29F2N3O2. The number of methoxy groups -OCH3 is 1. The van der Waals surface area contributed by atoms with Gasteiger partial charge in [0, 0.05) is 43.5 Å². The number of piperazine rings is 1. The monoisotopic (exact) mass is 429 g/mol. The predicted molar refractivity (Wildman–Crippen MR) is 119 cm³/mol. The van der Waals surface area contributed by atoms with Gasteiger partial charge < -0.3 is 19.9 Å². The highest BCUT2D eigenvalue weighted by atomic mass is 19.1. The van der Waals surface area contributed by atoms with E-state index < -0.39 is 5.82 Å². The van der Waals surface area contributed by atoms with Crippen LogP contribution in [-0.2, 0) is 4.79 Å². The van der Waals surface area contributed by atoms with Crippen LogP contribution >= 0.6 is 0 Å². The van der Waals surface area contributed by atoms with Crippen LogP contribution in [0.5, 0.6) is 5.75 Å².